The number of hydrogen-bond donors (Lipinski definition) is 0. The molecule has 124 valence electrons. The van der Waals surface area contributed by atoms with E-state index in [1.165, 1.54) is 32.6 Å². The minimum atomic E-state index is -2.17. The lowest BCUT2D eigenvalue weighted by Gasteiger charge is -2.24. The van der Waals surface area contributed by atoms with Crippen LogP contribution in [0.2, 0.25) is 6.55 Å². The minimum Gasteiger partial charge on any atom is -0.155 e. The van der Waals surface area contributed by atoms with Crippen molar-refractivity contribution in [2.24, 2.45) is 0 Å². The summed E-state index contributed by atoms with van der Waals surface area (Å²) in [5.41, 5.74) is 5.62. The Kier molecular flexibility index (Phi) is 6.10. The third-order valence-corrected chi connectivity index (χ3v) is 8.88. The normalized spacial score (nSPS) is 11.7. The van der Waals surface area contributed by atoms with Crippen LogP contribution in [0.15, 0.2) is 36.4 Å². The van der Waals surface area contributed by atoms with E-state index in [2.05, 4.69) is 70.6 Å². The molecule has 0 atom stereocenters. The fraction of sp³-hybridized carbons (Fsp3) is 0.429. The molecule has 0 heterocycles. The molecule has 0 unspecified atom stereocenters. The molecule has 0 aliphatic rings. The van der Waals surface area contributed by atoms with Gasteiger partial charge in [-0.05, 0) is 64.9 Å². The van der Waals surface area contributed by atoms with E-state index >= 15 is 0 Å². The van der Waals surface area contributed by atoms with E-state index in [0.717, 1.165) is 25.7 Å². The van der Waals surface area contributed by atoms with Gasteiger partial charge in [-0.15, -0.1) is 0 Å². The molecule has 0 spiro atoms. The van der Waals surface area contributed by atoms with Gasteiger partial charge in [-0.1, -0.05) is 64.1 Å². The van der Waals surface area contributed by atoms with Gasteiger partial charge in [-0.2, -0.15) is 11.1 Å². The van der Waals surface area contributed by atoms with E-state index in [9.17, 15) is 0 Å². The molecule has 2 rings (SSSR count). The van der Waals surface area contributed by atoms with Crippen molar-refractivity contribution in [3.05, 3.63) is 58.7 Å². The third kappa shape index (κ3) is 4.08. The van der Waals surface area contributed by atoms with E-state index in [1.54, 1.807) is 0 Å². The van der Waals surface area contributed by atoms with Crippen LogP contribution in [-0.2, 0) is 25.7 Å². The predicted octanol–water partition coefficient (Wildman–Crippen LogP) is 4.86. The molecule has 0 saturated carbocycles. The Morgan fingerprint density at radius 3 is 1.09 bits per heavy atom. The fourth-order valence-corrected chi connectivity index (χ4v) is 5.86. The first-order chi connectivity index (χ1) is 10.9. The molecule has 0 amide bonds. The largest absolute Gasteiger partial charge is 0.214 e. The molecule has 23 heavy (non-hydrogen) atoms. The van der Waals surface area contributed by atoms with Gasteiger partial charge < -0.3 is 0 Å². The molecule has 0 N–H and O–H groups in total. The van der Waals surface area contributed by atoms with Gasteiger partial charge in [0, 0.05) is 0 Å². The standard InChI is InChI=1S/C21H29ClSi/c1-6-16-10-17(7-2)13-20(12-16)23(5,22)21-14-18(8-3)11-19(9-4)15-21/h10-15H,6-9H2,1-5H3. The molecule has 2 aromatic carbocycles. The molecular weight excluding hydrogens is 316 g/mol. The van der Waals surface area contributed by atoms with Crippen LogP contribution < -0.4 is 10.4 Å². The number of hydrogen-bond acceptors (Lipinski definition) is 0. The summed E-state index contributed by atoms with van der Waals surface area (Å²) in [6.07, 6.45) is 4.27. The van der Waals surface area contributed by atoms with Gasteiger partial charge >= 0.3 is 0 Å². The summed E-state index contributed by atoms with van der Waals surface area (Å²) >= 11 is 7.24. The Morgan fingerprint density at radius 2 is 0.870 bits per heavy atom. The van der Waals surface area contributed by atoms with E-state index in [4.69, 9.17) is 11.1 Å². The molecule has 2 heteroatoms. The van der Waals surface area contributed by atoms with E-state index in [-0.39, 0.29) is 0 Å². The van der Waals surface area contributed by atoms with E-state index in [1.807, 2.05) is 0 Å². The molecule has 0 fully saturated rings. The smallest absolute Gasteiger partial charge is 0.155 e. The molecule has 2 aromatic rings. The summed E-state index contributed by atoms with van der Waals surface area (Å²) in [6, 6.07) is 14.0. The van der Waals surface area contributed by atoms with Crippen molar-refractivity contribution in [1.29, 1.82) is 0 Å². The van der Waals surface area contributed by atoms with E-state index < -0.39 is 7.38 Å². The Bertz CT molecular complexity index is 572. The molecule has 0 radical (unpaired) electrons. The molecular formula is C21H29ClSi. The SMILES string of the molecule is CCc1cc(CC)cc([Si](C)(Cl)c2cc(CC)cc(CC)c2)c1. The maximum absolute atomic E-state index is 7.24. The fourth-order valence-electron chi connectivity index (χ4n) is 3.05. The maximum atomic E-state index is 7.24. The van der Waals surface area contributed by atoms with Gasteiger partial charge in [0.15, 0.2) is 0 Å². The molecule has 0 aliphatic heterocycles. The van der Waals surface area contributed by atoms with Crippen molar-refractivity contribution in [1.82, 2.24) is 0 Å². The van der Waals surface area contributed by atoms with Gasteiger partial charge in [0.1, 0.15) is 0 Å². The molecule has 0 nitrogen and oxygen atoms in total. The van der Waals surface area contributed by atoms with Crippen LogP contribution in [0.3, 0.4) is 0 Å². The van der Waals surface area contributed by atoms with Crippen LogP contribution in [0.4, 0.5) is 0 Å². The van der Waals surface area contributed by atoms with Crippen LogP contribution in [-0.4, -0.2) is 7.38 Å². The zero-order valence-corrected chi connectivity index (χ0v) is 16.9. The summed E-state index contributed by atoms with van der Waals surface area (Å²) in [4.78, 5) is 0. The van der Waals surface area contributed by atoms with Crippen molar-refractivity contribution >= 4 is 28.8 Å². The van der Waals surface area contributed by atoms with Crippen LogP contribution in [0.1, 0.15) is 49.9 Å². The highest BCUT2D eigenvalue weighted by Gasteiger charge is 2.31. The maximum Gasteiger partial charge on any atom is 0.214 e. The lowest BCUT2D eigenvalue weighted by Crippen LogP contribution is -2.51. The summed E-state index contributed by atoms with van der Waals surface area (Å²) in [5, 5.41) is 2.70. The lowest BCUT2D eigenvalue weighted by molar-refractivity contribution is 1.09. The number of rotatable bonds is 6. The van der Waals surface area contributed by atoms with Crippen LogP contribution in [0.25, 0.3) is 0 Å². The lowest BCUT2D eigenvalue weighted by atomic mass is 10.1. The average Bonchev–Trinajstić information content (AvgIpc) is 2.60. The Morgan fingerprint density at radius 1 is 0.609 bits per heavy atom. The highest BCUT2D eigenvalue weighted by Crippen LogP contribution is 2.17. The highest BCUT2D eigenvalue weighted by atomic mass is 35.6. The monoisotopic (exact) mass is 344 g/mol. The summed E-state index contributed by atoms with van der Waals surface area (Å²) in [6.45, 7) is 11.2. The average molecular weight is 345 g/mol. The molecule has 0 bridgehead atoms. The Balaban J connectivity index is 2.57. The summed E-state index contributed by atoms with van der Waals surface area (Å²) in [5.74, 6) is 0. The van der Waals surface area contributed by atoms with Gasteiger partial charge in [-0.3, -0.25) is 0 Å². The number of aryl methyl sites for hydroxylation is 4. The van der Waals surface area contributed by atoms with Crippen LogP contribution in [0.5, 0.6) is 0 Å². The van der Waals surface area contributed by atoms with Crippen molar-refractivity contribution in [2.45, 2.75) is 59.9 Å². The Hall–Kier alpha value is -1.05. The third-order valence-electron chi connectivity index (χ3n) is 4.82. The summed E-state index contributed by atoms with van der Waals surface area (Å²) < 4.78 is 0. The van der Waals surface area contributed by atoms with Crippen LogP contribution in [0, 0.1) is 0 Å². The Labute approximate surface area is 147 Å². The number of benzene rings is 2. The second-order valence-corrected chi connectivity index (χ2v) is 11.9. The predicted molar refractivity (Wildman–Crippen MR) is 107 cm³/mol. The molecule has 0 aliphatic carbocycles. The van der Waals surface area contributed by atoms with Gasteiger partial charge in [0.05, 0.1) is 0 Å². The topological polar surface area (TPSA) is 0 Å². The van der Waals surface area contributed by atoms with Crippen molar-refractivity contribution in [3.8, 4) is 0 Å². The molecule has 0 saturated heterocycles. The second-order valence-electron chi connectivity index (χ2n) is 6.49. The zero-order chi connectivity index (χ0) is 17.0. The first-order valence-corrected chi connectivity index (χ1v) is 12.4. The summed E-state index contributed by atoms with van der Waals surface area (Å²) in [7, 11) is -2.17. The van der Waals surface area contributed by atoms with E-state index in [0.29, 0.717) is 0 Å². The molecule has 0 aromatic heterocycles. The van der Waals surface area contributed by atoms with Crippen molar-refractivity contribution in [3.63, 3.8) is 0 Å². The number of halogens is 1. The first kappa shape index (κ1) is 18.3. The van der Waals surface area contributed by atoms with Gasteiger partial charge in [0.2, 0.25) is 7.38 Å². The van der Waals surface area contributed by atoms with Crippen LogP contribution >= 0.6 is 11.1 Å². The zero-order valence-electron chi connectivity index (χ0n) is 15.2. The quantitative estimate of drug-likeness (QED) is 0.518. The van der Waals surface area contributed by atoms with Gasteiger partial charge in [-0.25, -0.2) is 0 Å². The second kappa shape index (κ2) is 7.68. The van der Waals surface area contributed by atoms with Gasteiger partial charge in [0.25, 0.3) is 0 Å². The minimum absolute atomic E-state index is 1.07. The van der Waals surface area contributed by atoms with Crippen molar-refractivity contribution < 1.29 is 0 Å². The first-order valence-electron chi connectivity index (χ1n) is 8.90. The van der Waals surface area contributed by atoms with Crippen molar-refractivity contribution in [2.75, 3.05) is 0 Å². The highest BCUT2D eigenvalue weighted by molar-refractivity contribution is 7.33.